The van der Waals surface area contributed by atoms with Gasteiger partial charge in [0.1, 0.15) is 41.1 Å². The average molecular weight is 906 g/mol. The van der Waals surface area contributed by atoms with Crippen molar-refractivity contribution in [2.24, 2.45) is 0 Å². The average Bonchev–Trinajstić information content (AvgIpc) is 3.56. The molecule has 0 unspecified atom stereocenters. The summed E-state index contributed by atoms with van der Waals surface area (Å²) in [5, 5.41) is 41.9. The number of ether oxygens (including phenoxy) is 3. The normalized spacial score (nSPS) is 24.1. The van der Waals surface area contributed by atoms with Crippen LogP contribution in [0.4, 0.5) is 11.4 Å². The van der Waals surface area contributed by atoms with Gasteiger partial charge in [0.05, 0.1) is 41.6 Å². The Labute approximate surface area is 363 Å². The molecular formula is C43H59N3O14S2. The molecule has 3 aliphatic heterocycles. The Morgan fingerprint density at radius 1 is 0.903 bits per heavy atom. The number of likely N-dealkylation sites (N-methyl/N-ethyl adjacent to an activating group) is 1. The van der Waals surface area contributed by atoms with Crippen LogP contribution in [0.25, 0.3) is 0 Å². The topological polar surface area (TPSA) is 256 Å². The number of allylic oxidation sites excluding steroid dienone is 6. The van der Waals surface area contributed by atoms with E-state index in [1.807, 2.05) is 65.0 Å². The Balaban J connectivity index is 1.16. The number of rotatable bonds is 20. The number of unbranched alkanes of at least 4 members (excludes halogenated alkanes) is 2. The predicted octanol–water partition coefficient (Wildman–Crippen LogP) is 2.54. The molecule has 5 atom stereocenters. The Kier molecular flexibility index (Phi) is 16.1. The molecule has 5 rings (SSSR count). The molecule has 62 heavy (non-hydrogen) atoms. The zero-order valence-electron chi connectivity index (χ0n) is 35.6. The van der Waals surface area contributed by atoms with Gasteiger partial charge in [-0.25, -0.2) is 8.42 Å². The molecule has 19 heteroatoms. The lowest BCUT2D eigenvalue weighted by molar-refractivity contribution is -0.438. The summed E-state index contributed by atoms with van der Waals surface area (Å²) >= 11 is 0. The second kappa shape index (κ2) is 20.3. The molecule has 2 aromatic rings. The van der Waals surface area contributed by atoms with Gasteiger partial charge in [-0.1, -0.05) is 32.1 Å². The maximum absolute atomic E-state index is 12.5. The van der Waals surface area contributed by atoms with E-state index in [0.717, 1.165) is 46.8 Å². The van der Waals surface area contributed by atoms with Gasteiger partial charge in [-0.05, 0) is 75.6 Å². The number of aliphatic hydroxyl groups is 4. The number of benzene rings is 2. The molecular weight excluding hydrogens is 847 g/mol. The molecule has 17 nitrogen and oxygen atoms in total. The van der Waals surface area contributed by atoms with Crippen LogP contribution in [0.5, 0.6) is 0 Å². The summed E-state index contributed by atoms with van der Waals surface area (Å²) in [7, 11) is -9.07. The lowest BCUT2D eigenvalue weighted by Gasteiger charge is -2.39. The molecule has 0 aromatic heterocycles. The molecule has 3 heterocycles. The minimum Gasteiger partial charge on any atom is -0.744 e. The van der Waals surface area contributed by atoms with Crippen molar-refractivity contribution in [3.8, 4) is 0 Å². The van der Waals surface area contributed by atoms with Crippen LogP contribution >= 0.6 is 0 Å². The molecule has 3 aliphatic rings. The molecule has 0 aliphatic carbocycles. The SMILES string of the molecule is CCN1C(=CC=CC=CC2=[N+](CCCCCC(=O)NCCOCCO[C@H]3O[C@@H](CO)[C@@H](O)[C@H](O)[C@@H]3O)c3ccc(S(=O)(=O)O)cc3C2(C)C)C(C)(C)c2cc(S(=O)(=O)[O-])ccc21. The minimum atomic E-state index is -4.62. The third kappa shape index (κ3) is 11.1. The lowest BCUT2D eigenvalue weighted by Crippen LogP contribution is -2.59. The van der Waals surface area contributed by atoms with E-state index in [1.165, 1.54) is 24.3 Å². The van der Waals surface area contributed by atoms with Crippen LogP contribution in [0.3, 0.4) is 0 Å². The van der Waals surface area contributed by atoms with Crippen LogP contribution in [-0.2, 0) is 50.1 Å². The van der Waals surface area contributed by atoms with Crippen LogP contribution in [0.1, 0.15) is 71.4 Å². The van der Waals surface area contributed by atoms with Crippen molar-refractivity contribution in [1.82, 2.24) is 5.32 Å². The van der Waals surface area contributed by atoms with Crippen molar-refractivity contribution in [1.29, 1.82) is 0 Å². The summed E-state index contributed by atoms with van der Waals surface area (Å²) in [5.74, 6) is -0.138. The van der Waals surface area contributed by atoms with Crippen LogP contribution in [0.2, 0.25) is 0 Å². The summed E-state index contributed by atoms with van der Waals surface area (Å²) in [6, 6.07) is 9.04. The number of aliphatic hydroxyl groups excluding tert-OH is 4. The van der Waals surface area contributed by atoms with Crippen molar-refractivity contribution < 1.29 is 69.9 Å². The van der Waals surface area contributed by atoms with Crippen molar-refractivity contribution in [2.75, 3.05) is 51.0 Å². The van der Waals surface area contributed by atoms with Gasteiger partial charge in [0.2, 0.25) is 11.6 Å². The molecule has 2 aromatic carbocycles. The summed E-state index contributed by atoms with van der Waals surface area (Å²) < 4.78 is 87.6. The maximum Gasteiger partial charge on any atom is 0.294 e. The number of hydrogen-bond acceptors (Lipinski definition) is 14. The molecule has 6 N–H and O–H groups in total. The smallest absolute Gasteiger partial charge is 0.294 e. The highest BCUT2D eigenvalue weighted by molar-refractivity contribution is 7.86. The molecule has 0 radical (unpaired) electrons. The van der Waals surface area contributed by atoms with E-state index in [1.54, 1.807) is 12.1 Å². The summed E-state index contributed by atoms with van der Waals surface area (Å²) in [6.07, 6.45) is 5.14. The zero-order valence-corrected chi connectivity index (χ0v) is 37.3. The summed E-state index contributed by atoms with van der Waals surface area (Å²) in [4.78, 5) is 14.1. The molecule has 0 bridgehead atoms. The van der Waals surface area contributed by atoms with Crippen LogP contribution in [-0.4, -0.2) is 139 Å². The third-order valence-corrected chi connectivity index (χ3v) is 13.3. The number of nitrogens with zero attached hydrogens (tertiary/aromatic N) is 2. The standard InChI is InChI=1S/C43H59N3O14S2/c1-6-45-32-18-16-28(61(52,53)54)25-30(32)42(2,3)35(45)13-9-7-10-14-36-43(4,5)31-26-29(62(55,56)57)17-19-33(31)46(36)21-12-8-11-15-37(48)44-20-22-58-23-24-59-41-40(51)39(50)38(49)34(27-47)60-41/h7,9-10,13-14,16-19,25-26,34,38-41,47,49-51H,6,8,11-12,15,20-24,27H2,1-5H3,(H2-,44,48,52,53,54,55,56,57)/t34-,38+,39-,40-,41-/m0/s1. The Morgan fingerprint density at radius 2 is 1.61 bits per heavy atom. The fourth-order valence-corrected chi connectivity index (χ4v) is 9.18. The van der Waals surface area contributed by atoms with Crippen molar-refractivity contribution >= 4 is 43.2 Å². The molecule has 1 saturated heterocycles. The Bertz CT molecular complexity index is 2290. The highest BCUT2D eigenvalue weighted by atomic mass is 32.2. The highest BCUT2D eigenvalue weighted by Gasteiger charge is 2.46. The maximum atomic E-state index is 12.5. The van der Waals surface area contributed by atoms with Gasteiger partial charge in [-0.3, -0.25) is 9.35 Å². The Morgan fingerprint density at radius 3 is 2.29 bits per heavy atom. The van der Waals surface area contributed by atoms with Crippen molar-refractivity contribution in [3.05, 3.63) is 83.6 Å². The fraction of sp³-hybridized carbons (Fsp3) is 0.535. The molecule has 0 spiro atoms. The van der Waals surface area contributed by atoms with Crippen LogP contribution in [0.15, 0.2) is 82.3 Å². The number of carbonyl (C=O) groups is 1. The molecule has 1 amide bonds. The van der Waals surface area contributed by atoms with E-state index in [4.69, 9.17) is 14.2 Å². The first-order valence-electron chi connectivity index (χ1n) is 20.6. The number of hydrogen-bond donors (Lipinski definition) is 6. The van der Waals surface area contributed by atoms with Gasteiger partial charge >= 0.3 is 0 Å². The Hall–Kier alpha value is -3.86. The van der Waals surface area contributed by atoms with Crippen molar-refractivity contribution in [3.63, 3.8) is 0 Å². The van der Waals surface area contributed by atoms with Gasteiger partial charge in [-0.15, -0.1) is 0 Å². The lowest BCUT2D eigenvalue weighted by atomic mass is 9.81. The van der Waals surface area contributed by atoms with Crippen molar-refractivity contribution in [2.45, 2.75) is 112 Å². The molecule has 342 valence electrons. The zero-order chi connectivity index (χ0) is 45.6. The van der Waals surface area contributed by atoms with E-state index in [-0.39, 0.29) is 42.1 Å². The third-order valence-electron chi connectivity index (χ3n) is 11.6. The molecule has 0 saturated carbocycles. The van der Waals surface area contributed by atoms with E-state index in [2.05, 4.69) is 14.8 Å². The quantitative estimate of drug-likeness (QED) is 0.0483. The van der Waals surface area contributed by atoms with E-state index >= 15 is 0 Å². The first kappa shape index (κ1) is 49.2. The van der Waals surface area contributed by atoms with E-state index in [9.17, 15) is 51.2 Å². The van der Waals surface area contributed by atoms with E-state index < -0.39 is 68.4 Å². The first-order chi connectivity index (χ1) is 29.1. The largest absolute Gasteiger partial charge is 0.744 e. The number of nitrogens with one attached hydrogen (secondary N) is 1. The van der Waals surface area contributed by atoms with Gasteiger partial charge in [0.25, 0.3) is 10.1 Å². The number of fused-ring (bicyclic) bond motifs is 2. The number of amides is 1. The van der Waals surface area contributed by atoms with Crippen LogP contribution in [0, 0.1) is 0 Å². The van der Waals surface area contributed by atoms with Gasteiger partial charge in [0, 0.05) is 60.4 Å². The second-order valence-electron chi connectivity index (χ2n) is 16.5. The fourth-order valence-electron chi connectivity index (χ4n) is 8.18. The second-order valence-corrected chi connectivity index (χ2v) is 19.3. The van der Waals surface area contributed by atoms with Gasteiger partial charge in [0.15, 0.2) is 12.0 Å². The summed E-state index contributed by atoms with van der Waals surface area (Å²) in [5.41, 5.74) is 3.75. The molecule has 1 fully saturated rings. The minimum absolute atomic E-state index is 0.00219. The first-order valence-corrected chi connectivity index (χ1v) is 23.5. The monoisotopic (exact) mass is 905 g/mol. The van der Waals surface area contributed by atoms with Crippen LogP contribution < -0.4 is 10.2 Å². The van der Waals surface area contributed by atoms with Gasteiger partial charge < -0.3 is 49.4 Å². The highest BCUT2D eigenvalue weighted by Crippen LogP contribution is 2.48. The van der Waals surface area contributed by atoms with E-state index in [0.29, 0.717) is 25.9 Å². The predicted molar refractivity (Wildman–Crippen MR) is 228 cm³/mol. The number of carbonyl (C=O) groups excluding carboxylic acids is 1. The number of anilines is 1. The van der Waals surface area contributed by atoms with Gasteiger partial charge in [-0.2, -0.15) is 13.0 Å². The summed E-state index contributed by atoms with van der Waals surface area (Å²) in [6.45, 7) is 11.1.